The number of halogens is 2. The summed E-state index contributed by atoms with van der Waals surface area (Å²) in [6.45, 7) is 0.582. The first kappa shape index (κ1) is 20.8. The highest BCUT2D eigenvalue weighted by Crippen LogP contribution is 2.09. The van der Waals surface area contributed by atoms with Crippen molar-refractivity contribution >= 4 is 30.7 Å². The molecule has 0 aromatic carbocycles. The molecule has 0 saturated heterocycles. The Bertz CT molecular complexity index is 616. The van der Waals surface area contributed by atoms with Crippen LogP contribution in [0.4, 0.5) is 0 Å². The Labute approximate surface area is 145 Å². The van der Waals surface area contributed by atoms with Crippen LogP contribution in [0.25, 0.3) is 0 Å². The molecule has 0 bridgehead atoms. The van der Waals surface area contributed by atoms with E-state index in [2.05, 4.69) is 5.18 Å². The number of nitrogens with zero attached hydrogens (tertiary/aromatic N) is 3. The van der Waals surface area contributed by atoms with Gasteiger partial charge in [0.1, 0.15) is 6.73 Å². The molecule has 0 fully saturated rings. The van der Waals surface area contributed by atoms with Gasteiger partial charge in [0.25, 0.3) is 6.73 Å². The summed E-state index contributed by atoms with van der Waals surface area (Å²) < 4.78 is 7.18. The molecule has 9 heteroatoms. The first-order valence-electron chi connectivity index (χ1n) is 6.16. The van der Waals surface area contributed by atoms with E-state index in [-0.39, 0.29) is 31.5 Å². The van der Waals surface area contributed by atoms with Gasteiger partial charge in [0, 0.05) is 24.0 Å². The first-order valence-corrected chi connectivity index (χ1v) is 6.16. The SMILES string of the molecule is Cl.Cl.N=C([O-])c1ccc[n+](COCN2C=CC(=CN=O)C=C2)c1. The van der Waals surface area contributed by atoms with Crippen molar-refractivity contribution < 1.29 is 14.4 Å². The molecule has 0 aliphatic carbocycles. The van der Waals surface area contributed by atoms with Crippen molar-refractivity contribution in [2.75, 3.05) is 6.73 Å². The Balaban J connectivity index is 0.00000242. The van der Waals surface area contributed by atoms with Crippen LogP contribution in [0.2, 0.25) is 0 Å². The second-order valence-corrected chi connectivity index (χ2v) is 4.28. The lowest BCUT2D eigenvalue weighted by Crippen LogP contribution is -2.37. The molecule has 1 N–H and O–H groups in total. The molecule has 0 spiro atoms. The largest absolute Gasteiger partial charge is 0.859 e. The van der Waals surface area contributed by atoms with Gasteiger partial charge in [0.2, 0.25) is 0 Å². The molecule has 0 radical (unpaired) electrons. The van der Waals surface area contributed by atoms with E-state index in [0.29, 0.717) is 12.3 Å². The monoisotopic (exact) mass is 358 g/mol. The molecule has 23 heavy (non-hydrogen) atoms. The summed E-state index contributed by atoms with van der Waals surface area (Å²) in [4.78, 5) is 11.9. The zero-order valence-corrected chi connectivity index (χ0v) is 13.6. The van der Waals surface area contributed by atoms with Crippen LogP contribution in [0.1, 0.15) is 5.56 Å². The molecule has 2 rings (SSSR count). The van der Waals surface area contributed by atoms with Crippen LogP contribution in [-0.4, -0.2) is 17.5 Å². The fraction of sp³-hybridized carbons (Fsp3) is 0.143. The van der Waals surface area contributed by atoms with Gasteiger partial charge >= 0.3 is 0 Å². The summed E-state index contributed by atoms with van der Waals surface area (Å²) in [6, 6.07) is 3.27. The molecule has 0 unspecified atom stereocenters. The van der Waals surface area contributed by atoms with Crippen LogP contribution >= 0.6 is 24.8 Å². The number of hydrogen-bond acceptors (Lipinski definition) is 6. The molecule has 0 amide bonds. The van der Waals surface area contributed by atoms with Crippen molar-refractivity contribution in [3.63, 3.8) is 0 Å². The van der Waals surface area contributed by atoms with Gasteiger partial charge in [-0.2, -0.15) is 4.57 Å². The number of nitrogens with one attached hydrogen (secondary N) is 1. The lowest BCUT2D eigenvalue weighted by molar-refractivity contribution is -0.733. The van der Waals surface area contributed by atoms with Crippen LogP contribution in [0.5, 0.6) is 0 Å². The number of hydrogen-bond donors (Lipinski definition) is 1. The van der Waals surface area contributed by atoms with Crippen LogP contribution < -0.4 is 9.67 Å². The normalized spacial score (nSPS) is 12.2. The fourth-order valence-corrected chi connectivity index (χ4v) is 1.69. The van der Waals surface area contributed by atoms with Crippen LogP contribution in [0, 0.1) is 10.3 Å². The molecule has 1 aromatic heterocycles. The molecule has 1 aliphatic rings. The molecular formula is C14H16Cl2N4O3. The fourth-order valence-electron chi connectivity index (χ4n) is 1.69. The lowest BCUT2D eigenvalue weighted by atomic mass is 10.2. The summed E-state index contributed by atoms with van der Waals surface area (Å²) >= 11 is 0. The molecular weight excluding hydrogens is 343 g/mol. The standard InChI is InChI=1S/C14H14N4O3.2ClH/c15-14(19)13-2-1-5-18(9-13)11-21-10-17-6-3-12(4-7-17)8-16-20;;/h1-9H,10-11H2,(H-,15,19);2*1H. The number of pyridine rings is 1. The van der Waals surface area contributed by atoms with E-state index in [1.54, 1.807) is 58.5 Å². The van der Waals surface area contributed by atoms with E-state index in [1.165, 1.54) is 6.20 Å². The van der Waals surface area contributed by atoms with E-state index in [4.69, 9.17) is 10.1 Å². The van der Waals surface area contributed by atoms with E-state index in [1.807, 2.05) is 0 Å². The third kappa shape index (κ3) is 6.60. The van der Waals surface area contributed by atoms with Crippen molar-refractivity contribution in [1.29, 1.82) is 5.41 Å². The summed E-state index contributed by atoms with van der Waals surface area (Å²) in [5, 5.41) is 20.7. The van der Waals surface area contributed by atoms with Gasteiger partial charge in [-0.1, -0.05) is 0 Å². The highest BCUT2D eigenvalue weighted by atomic mass is 35.5. The maximum Gasteiger partial charge on any atom is 0.254 e. The zero-order chi connectivity index (χ0) is 15.1. The number of allylic oxidation sites excluding steroid dienone is 3. The molecule has 0 atom stereocenters. The molecule has 1 aromatic rings. The van der Waals surface area contributed by atoms with Gasteiger partial charge in [0.15, 0.2) is 12.4 Å². The van der Waals surface area contributed by atoms with Crippen molar-refractivity contribution in [1.82, 2.24) is 4.90 Å². The van der Waals surface area contributed by atoms with Crippen molar-refractivity contribution in [3.8, 4) is 0 Å². The summed E-state index contributed by atoms with van der Waals surface area (Å²) in [5.41, 5.74) is 1.03. The average Bonchev–Trinajstić information content (AvgIpc) is 2.50. The number of rotatable bonds is 6. The quantitative estimate of drug-likeness (QED) is 0.360. The predicted molar refractivity (Wildman–Crippen MR) is 87.9 cm³/mol. The Hall–Kier alpha value is -2.22. The molecule has 0 saturated carbocycles. The van der Waals surface area contributed by atoms with E-state index < -0.39 is 5.90 Å². The van der Waals surface area contributed by atoms with Crippen molar-refractivity contribution in [2.24, 2.45) is 5.18 Å². The highest BCUT2D eigenvalue weighted by Gasteiger charge is 2.05. The third-order valence-corrected chi connectivity index (χ3v) is 2.72. The lowest BCUT2D eigenvalue weighted by Gasteiger charge is -2.17. The predicted octanol–water partition coefficient (Wildman–Crippen LogP) is 1.43. The van der Waals surface area contributed by atoms with Crippen LogP contribution in [0.15, 0.2) is 66.0 Å². The minimum absolute atomic E-state index is 0. The maximum absolute atomic E-state index is 11.0. The Morgan fingerprint density at radius 1 is 1.39 bits per heavy atom. The Morgan fingerprint density at radius 2 is 2.09 bits per heavy atom. The second-order valence-electron chi connectivity index (χ2n) is 4.28. The topological polar surface area (TPSA) is 92.7 Å². The summed E-state index contributed by atoms with van der Waals surface area (Å²) in [7, 11) is 0. The summed E-state index contributed by atoms with van der Waals surface area (Å²) in [5.74, 6) is -0.727. The molecule has 1 aliphatic heterocycles. The second kappa shape index (κ2) is 10.5. The minimum atomic E-state index is -0.727. The van der Waals surface area contributed by atoms with Crippen LogP contribution in [0.3, 0.4) is 0 Å². The van der Waals surface area contributed by atoms with Gasteiger partial charge in [-0.15, -0.1) is 29.7 Å². The zero-order valence-electron chi connectivity index (χ0n) is 12.0. The summed E-state index contributed by atoms with van der Waals surface area (Å²) in [6.07, 6.45) is 11.6. The smallest absolute Gasteiger partial charge is 0.254 e. The number of aromatic nitrogens is 1. The van der Waals surface area contributed by atoms with Gasteiger partial charge in [0.05, 0.1) is 6.20 Å². The Kier molecular flexibility index (Phi) is 9.48. The first-order chi connectivity index (χ1) is 10.2. The minimum Gasteiger partial charge on any atom is -0.859 e. The number of ether oxygens (including phenoxy) is 1. The average molecular weight is 359 g/mol. The number of nitroso groups, excluding NO2 is 1. The van der Waals surface area contributed by atoms with Crippen molar-refractivity contribution in [2.45, 2.75) is 6.73 Å². The van der Waals surface area contributed by atoms with Gasteiger partial charge in [-0.05, 0) is 34.9 Å². The van der Waals surface area contributed by atoms with Gasteiger partial charge in [-0.25, -0.2) is 0 Å². The van der Waals surface area contributed by atoms with E-state index in [9.17, 15) is 10.0 Å². The van der Waals surface area contributed by atoms with Crippen molar-refractivity contribution in [3.05, 3.63) is 71.3 Å². The van der Waals surface area contributed by atoms with Crippen LogP contribution in [-0.2, 0) is 11.5 Å². The molecule has 7 nitrogen and oxygen atoms in total. The van der Waals surface area contributed by atoms with Gasteiger partial charge in [-0.3, -0.25) is 0 Å². The third-order valence-electron chi connectivity index (χ3n) is 2.72. The molecule has 2 heterocycles. The van der Waals surface area contributed by atoms with E-state index in [0.717, 1.165) is 5.57 Å². The van der Waals surface area contributed by atoms with E-state index >= 15 is 0 Å². The van der Waals surface area contributed by atoms with Gasteiger partial charge < -0.3 is 20.2 Å². The maximum atomic E-state index is 11.0. The molecule has 124 valence electrons. The Morgan fingerprint density at radius 3 is 2.70 bits per heavy atom. The highest BCUT2D eigenvalue weighted by molar-refractivity contribution is 5.87.